The summed E-state index contributed by atoms with van der Waals surface area (Å²) in [7, 11) is 0. The van der Waals surface area contributed by atoms with Gasteiger partial charge in [0.1, 0.15) is 5.78 Å². The van der Waals surface area contributed by atoms with Gasteiger partial charge in [0, 0.05) is 45.1 Å². The van der Waals surface area contributed by atoms with Crippen LogP contribution in [0.25, 0.3) is 0 Å². The van der Waals surface area contributed by atoms with Crippen molar-refractivity contribution in [3.05, 3.63) is 0 Å². The summed E-state index contributed by atoms with van der Waals surface area (Å²) in [5, 5.41) is 0. The van der Waals surface area contributed by atoms with Crippen LogP contribution in [0.15, 0.2) is 0 Å². The highest BCUT2D eigenvalue weighted by atomic mass is 16.2. The molecule has 0 aromatic rings. The molecule has 2 aliphatic rings. The van der Waals surface area contributed by atoms with Gasteiger partial charge in [0.05, 0.1) is 6.54 Å². The van der Waals surface area contributed by atoms with Gasteiger partial charge in [0.25, 0.3) is 0 Å². The maximum absolute atomic E-state index is 11.9. The summed E-state index contributed by atoms with van der Waals surface area (Å²) in [5.41, 5.74) is 5.79. The molecule has 0 aromatic heterocycles. The third-order valence-electron chi connectivity index (χ3n) is 3.34. The Bertz CT molecular complexity index is 283. The smallest absolute Gasteiger partial charge is 0.236 e. The minimum Gasteiger partial charge on any atom is -0.341 e. The first-order valence-corrected chi connectivity index (χ1v) is 5.92. The second-order valence-corrected chi connectivity index (χ2v) is 4.70. The van der Waals surface area contributed by atoms with E-state index in [0.29, 0.717) is 32.5 Å². The summed E-state index contributed by atoms with van der Waals surface area (Å²) in [4.78, 5) is 26.9. The van der Waals surface area contributed by atoms with E-state index in [0.717, 1.165) is 19.5 Å². The number of ketones is 1. The minimum atomic E-state index is 0.140. The lowest BCUT2D eigenvalue weighted by Gasteiger charge is -2.28. The van der Waals surface area contributed by atoms with E-state index in [9.17, 15) is 9.59 Å². The van der Waals surface area contributed by atoms with Crippen LogP contribution in [-0.4, -0.2) is 60.3 Å². The van der Waals surface area contributed by atoms with Gasteiger partial charge >= 0.3 is 0 Å². The van der Waals surface area contributed by atoms with Crippen LogP contribution in [0.4, 0.5) is 0 Å². The molecule has 0 bridgehead atoms. The van der Waals surface area contributed by atoms with Crippen LogP contribution < -0.4 is 5.73 Å². The van der Waals surface area contributed by atoms with E-state index in [-0.39, 0.29) is 17.7 Å². The molecule has 2 fully saturated rings. The zero-order chi connectivity index (χ0) is 11.5. The molecule has 2 N–H and O–H groups in total. The van der Waals surface area contributed by atoms with Crippen LogP contribution in [0.5, 0.6) is 0 Å². The molecule has 2 aliphatic heterocycles. The Hall–Kier alpha value is -0.940. The predicted molar refractivity (Wildman–Crippen MR) is 59.9 cm³/mol. The van der Waals surface area contributed by atoms with Crippen LogP contribution in [0.3, 0.4) is 0 Å². The van der Waals surface area contributed by atoms with Gasteiger partial charge in [-0.1, -0.05) is 0 Å². The normalized spacial score (nSPS) is 27.4. The SMILES string of the molecule is NC1CCN(CC(=O)N2CCC(=O)CC2)C1. The molecule has 5 nitrogen and oxygen atoms in total. The second kappa shape index (κ2) is 4.93. The molecule has 0 saturated carbocycles. The topological polar surface area (TPSA) is 66.6 Å². The first-order valence-electron chi connectivity index (χ1n) is 5.92. The molecule has 5 heteroatoms. The van der Waals surface area contributed by atoms with E-state index in [1.807, 2.05) is 0 Å². The van der Waals surface area contributed by atoms with Crippen LogP contribution in [0.1, 0.15) is 19.3 Å². The maximum atomic E-state index is 11.9. The number of hydrogen-bond donors (Lipinski definition) is 1. The lowest BCUT2D eigenvalue weighted by atomic mass is 10.1. The Morgan fingerprint density at radius 2 is 2.00 bits per heavy atom. The van der Waals surface area contributed by atoms with Crippen molar-refractivity contribution in [2.45, 2.75) is 25.3 Å². The molecule has 0 radical (unpaired) electrons. The number of Topliss-reactive ketones (excluding diaryl/α,β-unsaturated/α-hetero) is 1. The lowest BCUT2D eigenvalue weighted by Crippen LogP contribution is -2.44. The number of likely N-dealkylation sites (tertiary alicyclic amines) is 2. The largest absolute Gasteiger partial charge is 0.341 e. The maximum Gasteiger partial charge on any atom is 0.236 e. The number of nitrogens with zero attached hydrogens (tertiary/aromatic N) is 2. The summed E-state index contributed by atoms with van der Waals surface area (Å²) in [6.07, 6.45) is 2.02. The van der Waals surface area contributed by atoms with E-state index in [2.05, 4.69) is 4.90 Å². The molecule has 16 heavy (non-hydrogen) atoms. The fourth-order valence-electron chi connectivity index (χ4n) is 2.30. The summed E-state index contributed by atoms with van der Waals surface area (Å²) in [6.45, 7) is 3.38. The van der Waals surface area contributed by atoms with E-state index in [1.165, 1.54) is 0 Å². The molecule has 2 saturated heterocycles. The average Bonchev–Trinajstić information content (AvgIpc) is 2.65. The zero-order valence-corrected chi connectivity index (χ0v) is 9.52. The van der Waals surface area contributed by atoms with Crippen molar-refractivity contribution in [2.24, 2.45) is 5.73 Å². The van der Waals surface area contributed by atoms with Gasteiger partial charge in [0.2, 0.25) is 5.91 Å². The summed E-state index contributed by atoms with van der Waals surface area (Å²) < 4.78 is 0. The molecule has 1 atom stereocenters. The van der Waals surface area contributed by atoms with Gasteiger partial charge in [-0.2, -0.15) is 0 Å². The Morgan fingerprint density at radius 3 is 2.56 bits per heavy atom. The van der Waals surface area contributed by atoms with Crippen LogP contribution in [-0.2, 0) is 9.59 Å². The summed E-state index contributed by atoms with van der Waals surface area (Å²) >= 11 is 0. The number of piperidine rings is 1. The quantitative estimate of drug-likeness (QED) is 0.669. The highest BCUT2D eigenvalue weighted by Crippen LogP contribution is 2.10. The molecular formula is C11H19N3O2. The standard InChI is InChI=1S/C11H19N3O2/c12-9-1-4-13(7-9)8-11(16)14-5-2-10(15)3-6-14/h9H,1-8,12H2. The molecule has 1 unspecified atom stereocenters. The van der Waals surface area contributed by atoms with E-state index >= 15 is 0 Å². The van der Waals surface area contributed by atoms with Crippen LogP contribution in [0, 0.1) is 0 Å². The van der Waals surface area contributed by atoms with Crippen molar-refractivity contribution in [3.63, 3.8) is 0 Å². The van der Waals surface area contributed by atoms with E-state index in [4.69, 9.17) is 5.73 Å². The molecule has 1 amide bonds. The van der Waals surface area contributed by atoms with Gasteiger partial charge in [-0.25, -0.2) is 0 Å². The fraction of sp³-hybridized carbons (Fsp3) is 0.818. The molecule has 2 heterocycles. The lowest BCUT2D eigenvalue weighted by molar-refractivity contribution is -0.135. The van der Waals surface area contributed by atoms with Crippen molar-refractivity contribution < 1.29 is 9.59 Å². The Morgan fingerprint density at radius 1 is 1.31 bits per heavy atom. The van der Waals surface area contributed by atoms with Crippen molar-refractivity contribution >= 4 is 11.7 Å². The molecule has 0 spiro atoms. The monoisotopic (exact) mass is 225 g/mol. The van der Waals surface area contributed by atoms with Gasteiger partial charge in [-0.05, 0) is 6.42 Å². The molecule has 0 aromatic carbocycles. The highest BCUT2D eigenvalue weighted by molar-refractivity contribution is 5.84. The minimum absolute atomic E-state index is 0.140. The number of rotatable bonds is 2. The van der Waals surface area contributed by atoms with Crippen LogP contribution >= 0.6 is 0 Å². The average molecular weight is 225 g/mol. The first kappa shape index (κ1) is 11.5. The summed E-state index contributed by atoms with van der Waals surface area (Å²) in [6, 6.07) is 0.218. The predicted octanol–water partition coefficient (Wildman–Crippen LogP) is -0.789. The fourth-order valence-corrected chi connectivity index (χ4v) is 2.30. The van der Waals surface area contributed by atoms with E-state index in [1.54, 1.807) is 4.90 Å². The van der Waals surface area contributed by atoms with Gasteiger partial charge in [0.15, 0.2) is 0 Å². The van der Waals surface area contributed by atoms with Gasteiger partial charge in [-0.15, -0.1) is 0 Å². The highest BCUT2D eigenvalue weighted by Gasteiger charge is 2.25. The number of carbonyl (C=O) groups excluding carboxylic acids is 2. The molecule has 0 aliphatic carbocycles. The van der Waals surface area contributed by atoms with Gasteiger partial charge < -0.3 is 10.6 Å². The zero-order valence-electron chi connectivity index (χ0n) is 9.52. The number of hydrogen-bond acceptors (Lipinski definition) is 4. The third-order valence-corrected chi connectivity index (χ3v) is 3.34. The number of amides is 1. The summed E-state index contributed by atoms with van der Waals surface area (Å²) in [5.74, 6) is 0.411. The molecule has 2 rings (SSSR count). The first-order chi connectivity index (χ1) is 7.65. The van der Waals surface area contributed by atoms with Crippen molar-refractivity contribution in [2.75, 3.05) is 32.7 Å². The third kappa shape index (κ3) is 2.80. The Labute approximate surface area is 95.6 Å². The van der Waals surface area contributed by atoms with E-state index < -0.39 is 0 Å². The van der Waals surface area contributed by atoms with Crippen LogP contribution in [0.2, 0.25) is 0 Å². The molecule has 90 valence electrons. The number of carbonyl (C=O) groups is 2. The second-order valence-electron chi connectivity index (χ2n) is 4.70. The Kier molecular flexibility index (Phi) is 3.56. The van der Waals surface area contributed by atoms with Crippen molar-refractivity contribution in [1.29, 1.82) is 0 Å². The number of nitrogens with two attached hydrogens (primary N) is 1. The van der Waals surface area contributed by atoms with Crippen molar-refractivity contribution in [3.8, 4) is 0 Å². The Balaban J connectivity index is 1.77. The van der Waals surface area contributed by atoms with Gasteiger partial charge in [-0.3, -0.25) is 14.5 Å². The molecular weight excluding hydrogens is 206 g/mol. The van der Waals surface area contributed by atoms with Crippen molar-refractivity contribution in [1.82, 2.24) is 9.80 Å².